The summed E-state index contributed by atoms with van der Waals surface area (Å²) in [5.41, 5.74) is 0.715. The molecule has 0 spiro atoms. The Bertz CT molecular complexity index is 1360. The van der Waals surface area contributed by atoms with Gasteiger partial charge in [0.25, 0.3) is 5.91 Å². The molecule has 0 bridgehead atoms. The third-order valence-electron chi connectivity index (χ3n) is 6.87. The van der Waals surface area contributed by atoms with Crippen LogP contribution in [0.5, 0.6) is 17.2 Å². The molecule has 3 heterocycles. The fraction of sp³-hybridized carbons (Fsp3) is 0.357. The summed E-state index contributed by atoms with van der Waals surface area (Å²) in [4.78, 5) is 21.6. The number of carbonyl (C=O) groups excluding carboxylic acids is 1. The third kappa shape index (κ3) is 6.03. The maximum atomic E-state index is 13.7. The first kappa shape index (κ1) is 26.6. The van der Waals surface area contributed by atoms with Crippen LogP contribution in [0.1, 0.15) is 28.4 Å². The molecule has 1 fully saturated rings. The van der Waals surface area contributed by atoms with Crippen molar-refractivity contribution in [1.29, 1.82) is 0 Å². The molecule has 206 valence electrons. The van der Waals surface area contributed by atoms with Crippen LogP contribution in [0.4, 0.5) is 30.4 Å². The minimum absolute atomic E-state index is 0.0773. The number of halogens is 3. The lowest BCUT2D eigenvalue weighted by molar-refractivity contribution is -0.137. The van der Waals surface area contributed by atoms with Crippen molar-refractivity contribution < 1.29 is 27.4 Å². The third-order valence-corrected chi connectivity index (χ3v) is 6.87. The first-order chi connectivity index (χ1) is 18.7. The summed E-state index contributed by atoms with van der Waals surface area (Å²) in [6, 6.07) is 10.3. The SMILES string of the molecule is CCN1CCN(c2cc(NC(=O)c3ccc(C)c(Oc4ccnc5c4OCCN5)c3)cc(C(F)(F)F)c2)CC1. The molecule has 2 aromatic carbocycles. The second-order valence-electron chi connectivity index (χ2n) is 9.49. The quantitative estimate of drug-likeness (QED) is 0.433. The summed E-state index contributed by atoms with van der Waals surface area (Å²) in [6.07, 6.45) is -2.96. The molecule has 1 amide bonds. The Balaban J connectivity index is 1.38. The molecule has 11 heteroatoms. The van der Waals surface area contributed by atoms with E-state index in [1.54, 1.807) is 36.5 Å². The van der Waals surface area contributed by atoms with E-state index in [1.165, 1.54) is 0 Å². The van der Waals surface area contributed by atoms with Gasteiger partial charge >= 0.3 is 6.18 Å². The average Bonchev–Trinajstić information content (AvgIpc) is 2.94. The van der Waals surface area contributed by atoms with Crippen molar-refractivity contribution in [2.75, 3.05) is 61.4 Å². The van der Waals surface area contributed by atoms with Crippen molar-refractivity contribution in [2.24, 2.45) is 0 Å². The summed E-state index contributed by atoms with van der Waals surface area (Å²) in [5.74, 6) is 1.37. The van der Waals surface area contributed by atoms with Gasteiger partial charge < -0.3 is 29.9 Å². The Labute approximate surface area is 224 Å². The monoisotopic (exact) mass is 541 g/mol. The molecule has 0 radical (unpaired) electrons. The number of nitrogens with zero attached hydrogens (tertiary/aromatic N) is 3. The molecule has 2 N–H and O–H groups in total. The molecule has 1 saturated heterocycles. The molecule has 2 aliphatic heterocycles. The van der Waals surface area contributed by atoms with E-state index in [0.29, 0.717) is 55.0 Å². The first-order valence-corrected chi connectivity index (χ1v) is 12.9. The molecule has 3 aromatic rings. The number of piperazine rings is 1. The number of aromatic nitrogens is 1. The Morgan fingerprint density at radius 1 is 1.10 bits per heavy atom. The van der Waals surface area contributed by atoms with Crippen LogP contribution in [0.15, 0.2) is 48.7 Å². The maximum absolute atomic E-state index is 13.7. The van der Waals surface area contributed by atoms with Crippen LogP contribution in [-0.2, 0) is 6.18 Å². The predicted octanol–water partition coefficient (Wildman–Crippen LogP) is 5.40. The highest BCUT2D eigenvalue weighted by molar-refractivity contribution is 6.05. The standard InChI is InChI=1S/C28H30F3N5O3/c1-3-35-9-11-36(12-10-35)22-16-20(28(29,30)31)15-21(17-22)34-27(37)19-5-4-18(2)24(14-19)39-23-6-7-32-26-25(23)38-13-8-33-26/h4-7,14-17H,3,8-13H2,1-2H3,(H,32,33)(H,34,37). The number of hydrogen-bond acceptors (Lipinski definition) is 7. The molecule has 0 unspecified atom stereocenters. The first-order valence-electron chi connectivity index (χ1n) is 12.9. The second kappa shape index (κ2) is 11.0. The lowest BCUT2D eigenvalue weighted by Crippen LogP contribution is -2.46. The van der Waals surface area contributed by atoms with E-state index in [4.69, 9.17) is 9.47 Å². The largest absolute Gasteiger partial charge is 0.485 e. The van der Waals surface area contributed by atoms with Gasteiger partial charge in [0.05, 0.1) is 12.1 Å². The zero-order chi connectivity index (χ0) is 27.6. The van der Waals surface area contributed by atoms with E-state index in [2.05, 4.69) is 27.4 Å². The summed E-state index contributed by atoms with van der Waals surface area (Å²) in [5, 5.41) is 5.80. The van der Waals surface area contributed by atoms with Gasteiger partial charge in [-0.25, -0.2) is 4.98 Å². The molecule has 0 atom stereocenters. The number of nitrogens with one attached hydrogen (secondary N) is 2. The summed E-state index contributed by atoms with van der Waals surface area (Å²) in [7, 11) is 0. The van der Waals surface area contributed by atoms with Crippen molar-refractivity contribution in [3.05, 3.63) is 65.4 Å². The van der Waals surface area contributed by atoms with Gasteiger partial charge in [0.2, 0.25) is 5.75 Å². The predicted molar refractivity (Wildman–Crippen MR) is 143 cm³/mol. The Morgan fingerprint density at radius 3 is 2.64 bits per heavy atom. The van der Waals surface area contributed by atoms with Crippen molar-refractivity contribution >= 4 is 23.1 Å². The van der Waals surface area contributed by atoms with Gasteiger partial charge in [0.15, 0.2) is 11.6 Å². The fourth-order valence-electron chi connectivity index (χ4n) is 4.62. The number of rotatable bonds is 6. The molecular formula is C28H30F3N5O3. The van der Waals surface area contributed by atoms with E-state index in [0.717, 1.165) is 37.3 Å². The number of fused-ring (bicyclic) bond motifs is 1. The Hall–Kier alpha value is -3.99. The maximum Gasteiger partial charge on any atom is 0.416 e. The number of amides is 1. The normalized spacial score (nSPS) is 15.7. The zero-order valence-electron chi connectivity index (χ0n) is 21.8. The van der Waals surface area contributed by atoms with Gasteiger partial charge in [-0.2, -0.15) is 13.2 Å². The van der Waals surface area contributed by atoms with Crippen LogP contribution >= 0.6 is 0 Å². The molecule has 0 saturated carbocycles. The smallest absolute Gasteiger partial charge is 0.416 e. The van der Waals surface area contributed by atoms with Crippen LogP contribution in [0.2, 0.25) is 0 Å². The minimum atomic E-state index is -4.55. The molecule has 5 rings (SSSR count). The topological polar surface area (TPSA) is 79.0 Å². The molecule has 1 aromatic heterocycles. The number of alkyl halides is 3. The number of pyridine rings is 1. The van der Waals surface area contributed by atoms with Gasteiger partial charge in [-0.3, -0.25) is 4.79 Å². The number of ether oxygens (including phenoxy) is 2. The van der Waals surface area contributed by atoms with Gasteiger partial charge in [0, 0.05) is 55.4 Å². The van der Waals surface area contributed by atoms with Crippen LogP contribution in [0.3, 0.4) is 0 Å². The van der Waals surface area contributed by atoms with E-state index in [9.17, 15) is 18.0 Å². The van der Waals surface area contributed by atoms with Gasteiger partial charge in [0.1, 0.15) is 12.4 Å². The Morgan fingerprint density at radius 2 is 1.90 bits per heavy atom. The minimum Gasteiger partial charge on any atom is -0.485 e. The average molecular weight is 542 g/mol. The number of carbonyl (C=O) groups is 1. The van der Waals surface area contributed by atoms with Gasteiger partial charge in [-0.1, -0.05) is 13.0 Å². The summed E-state index contributed by atoms with van der Waals surface area (Å²) < 4.78 is 53.0. The van der Waals surface area contributed by atoms with Crippen LogP contribution < -0.4 is 25.0 Å². The van der Waals surface area contributed by atoms with Crippen LogP contribution in [-0.4, -0.2) is 61.7 Å². The fourth-order valence-corrected chi connectivity index (χ4v) is 4.62. The Kier molecular flexibility index (Phi) is 7.51. The van der Waals surface area contributed by atoms with Crippen LogP contribution in [0.25, 0.3) is 0 Å². The molecule has 0 aliphatic carbocycles. The van der Waals surface area contributed by atoms with E-state index >= 15 is 0 Å². The van der Waals surface area contributed by atoms with Gasteiger partial charge in [-0.15, -0.1) is 0 Å². The molecule has 2 aliphatic rings. The summed E-state index contributed by atoms with van der Waals surface area (Å²) >= 11 is 0. The summed E-state index contributed by atoms with van der Waals surface area (Å²) in [6.45, 7) is 8.64. The highest BCUT2D eigenvalue weighted by Crippen LogP contribution is 2.39. The lowest BCUT2D eigenvalue weighted by Gasteiger charge is -2.36. The van der Waals surface area contributed by atoms with Gasteiger partial charge in [-0.05, 0) is 49.4 Å². The van der Waals surface area contributed by atoms with Crippen molar-refractivity contribution in [3.8, 4) is 17.2 Å². The van der Waals surface area contributed by atoms with Crippen molar-refractivity contribution in [1.82, 2.24) is 9.88 Å². The highest BCUT2D eigenvalue weighted by Gasteiger charge is 2.32. The molecule has 39 heavy (non-hydrogen) atoms. The number of benzene rings is 2. The van der Waals surface area contributed by atoms with Crippen molar-refractivity contribution in [3.63, 3.8) is 0 Å². The molecular weight excluding hydrogens is 511 g/mol. The highest BCUT2D eigenvalue weighted by atomic mass is 19.4. The lowest BCUT2D eigenvalue weighted by atomic mass is 10.1. The molecule has 8 nitrogen and oxygen atoms in total. The number of likely N-dealkylation sites (N-methyl/N-ethyl adjacent to an activating group) is 1. The van der Waals surface area contributed by atoms with Crippen molar-refractivity contribution in [2.45, 2.75) is 20.0 Å². The van der Waals surface area contributed by atoms with E-state index in [1.807, 2.05) is 11.8 Å². The number of hydrogen-bond donors (Lipinski definition) is 2. The second-order valence-corrected chi connectivity index (χ2v) is 9.49. The van der Waals surface area contributed by atoms with E-state index in [-0.39, 0.29) is 11.3 Å². The van der Waals surface area contributed by atoms with Crippen LogP contribution in [0, 0.1) is 6.92 Å². The number of anilines is 3. The zero-order valence-corrected chi connectivity index (χ0v) is 21.8. The van der Waals surface area contributed by atoms with E-state index < -0.39 is 17.6 Å². The number of aryl methyl sites for hydroxylation is 1.